The summed E-state index contributed by atoms with van der Waals surface area (Å²) in [6, 6.07) is 15.7. The number of anilines is 1. The predicted molar refractivity (Wildman–Crippen MR) is 123 cm³/mol. The molecule has 0 atom stereocenters. The second-order valence-corrected chi connectivity index (χ2v) is 8.69. The number of rotatable bonds is 6. The number of halogens is 1. The van der Waals surface area contributed by atoms with E-state index in [0.717, 1.165) is 35.4 Å². The van der Waals surface area contributed by atoms with Crippen LogP contribution in [0.25, 0.3) is 17.1 Å². The number of morpholine rings is 1. The Bertz CT molecular complexity index is 1220. The number of ether oxygens (including phenoxy) is 1. The van der Waals surface area contributed by atoms with E-state index < -0.39 is 0 Å². The second kappa shape index (κ2) is 9.32. The molecule has 0 amide bonds. The molecule has 0 saturated carbocycles. The molecule has 0 radical (unpaired) electrons. The van der Waals surface area contributed by atoms with E-state index in [1.807, 2.05) is 24.3 Å². The van der Waals surface area contributed by atoms with E-state index in [1.165, 1.54) is 17.3 Å². The highest BCUT2D eigenvalue weighted by Crippen LogP contribution is 2.30. The first-order valence-corrected chi connectivity index (χ1v) is 11.6. The van der Waals surface area contributed by atoms with E-state index in [9.17, 15) is 0 Å². The Morgan fingerprint density at radius 2 is 1.91 bits per heavy atom. The minimum absolute atomic E-state index is 0.403. The van der Waals surface area contributed by atoms with Gasteiger partial charge < -0.3 is 14.2 Å². The average molecular weight is 469 g/mol. The van der Waals surface area contributed by atoms with Crippen LogP contribution in [0.1, 0.15) is 11.4 Å². The van der Waals surface area contributed by atoms with Gasteiger partial charge in [0.25, 0.3) is 5.89 Å². The van der Waals surface area contributed by atoms with Crippen molar-refractivity contribution in [3.05, 3.63) is 64.9 Å². The van der Waals surface area contributed by atoms with Gasteiger partial charge in [-0.2, -0.15) is 4.98 Å². The summed E-state index contributed by atoms with van der Waals surface area (Å²) in [6.45, 7) is 4.99. The van der Waals surface area contributed by atoms with Crippen molar-refractivity contribution in [3.63, 3.8) is 0 Å². The summed E-state index contributed by atoms with van der Waals surface area (Å²) >= 11 is 7.76. The van der Waals surface area contributed by atoms with Gasteiger partial charge in [0.05, 0.1) is 35.2 Å². The summed E-state index contributed by atoms with van der Waals surface area (Å²) in [4.78, 5) is 6.70. The van der Waals surface area contributed by atoms with Gasteiger partial charge in [-0.15, -0.1) is 10.2 Å². The zero-order chi connectivity index (χ0) is 21.9. The Labute approximate surface area is 194 Å². The van der Waals surface area contributed by atoms with Crippen LogP contribution < -0.4 is 4.90 Å². The van der Waals surface area contributed by atoms with Crippen LogP contribution >= 0.6 is 23.4 Å². The van der Waals surface area contributed by atoms with Crippen molar-refractivity contribution in [2.45, 2.75) is 17.8 Å². The third-order valence-corrected chi connectivity index (χ3v) is 6.33. The fourth-order valence-electron chi connectivity index (χ4n) is 3.50. The van der Waals surface area contributed by atoms with Crippen LogP contribution in [0.4, 0.5) is 5.95 Å². The standard InChI is InChI=1S/C22H21ClN6O2S/c1-15-5-4-6-16(13-15)29-21(28-9-11-30-12-10-28)25-26-22(29)32-14-19-24-20(31-27-19)17-7-2-3-8-18(17)23/h2-8,13H,9-12,14H2,1H3. The lowest BCUT2D eigenvalue weighted by Gasteiger charge is -2.28. The highest BCUT2D eigenvalue weighted by Gasteiger charge is 2.22. The molecule has 2 aromatic carbocycles. The van der Waals surface area contributed by atoms with Crippen LogP contribution in [0.3, 0.4) is 0 Å². The molecule has 0 aliphatic carbocycles. The van der Waals surface area contributed by atoms with Gasteiger partial charge in [0, 0.05) is 13.1 Å². The van der Waals surface area contributed by atoms with Gasteiger partial charge >= 0.3 is 0 Å². The molecule has 1 aliphatic rings. The normalized spacial score (nSPS) is 14.1. The number of aryl methyl sites for hydroxylation is 1. The number of thioether (sulfide) groups is 1. The van der Waals surface area contributed by atoms with Gasteiger partial charge in [-0.3, -0.25) is 4.57 Å². The van der Waals surface area contributed by atoms with Crippen LogP contribution in [-0.2, 0) is 10.5 Å². The van der Waals surface area contributed by atoms with Crippen LogP contribution in [0, 0.1) is 6.92 Å². The Kier molecular flexibility index (Phi) is 6.11. The van der Waals surface area contributed by atoms with Crippen molar-refractivity contribution in [1.29, 1.82) is 0 Å². The SMILES string of the molecule is Cc1cccc(-n2c(SCc3noc(-c4ccccc4Cl)n3)nnc2N2CCOCC2)c1. The fraction of sp³-hybridized carbons (Fsp3) is 0.273. The van der Waals surface area contributed by atoms with Crippen molar-refractivity contribution in [2.24, 2.45) is 0 Å². The number of aromatic nitrogens is 5. The topological polar surface area (TPSA) is 82.1 Å². The van der Waals surface area contributed by atoms with Crippen LogP contribution in [0.15, 0.2) is 58.2 Å². The van der Waals surface area contributed by atoms with Gasteiger partial charge in [-0.25, -0.2) is 0 Å². The van der Waals surface area contributed by atoms with Gasteiger partial charge in [0.15, 0.2) is 11.0 Å². The van der Waals surface area contributed by atoms with Gasteiger partial charge in [-0.1, -0.05) is 52.8 Å². The average Bonchev–Trinajstić information content (AvgIpc) is 3.46. The number of benzene rings is 2. The van der Waals surface area contributed by atoms with E-state index in [-0.39, 0.29) is 0 Å². The smallest absolute Gasteiger partial charge is 0.259 e. The lowest BCUT2D eigenvalue weighted by Crippen LogP contribution is -2.37. The van der Waals surface area contributed by atoms with Crippen LogP contribution in [0.2, 0.25) is 5.02 Å². The van der Waals surface area contributed by atoms with Crippen molar-refractivity contribution in [2.75, 3.05) is 31.2 Å². The third kappa shape index (κ3) is 4.36. The molecule has 1 saturated heterocycles. The van der Waals surface area contributed by atoms with E-state index in [4.69, 9.17) is 20.9 Å². The molecule has 1 fully saturated rings. The molecular formula is C22H21ClN6O2S. The first-order valence-electron chi connectivity index (χ1n) is 10.2. The largest absolute Gasteiger partial charge is 0.378 e. The monoisotopic (exact) mass is 468 g/mol. The quantitative estimate of drug-likeness (QED) is 0.385. The maximum Gasteiger partial charge on any atom is 0.259 e. The first kappa shape index (κ1) is 21.0. The molecule has 4 aromatic rings. The number of nitrogens with zero attached hydrogens (tertiary/aromatic N) is 6. The van der Waals surface area contributed by atoms with Crippen molar-refractivity contribution < 1.29 is 9.26 Å². The maximum atomic E-state index is 6.25. The lowest BCUT2D eigenvalue weighted by atomic mass is 10.2. The molecule has 5 rings (SSSR count). The molecule has 8 nitrogen and oxygen atoms in total. The van der Waals surface area contributed by atoms with E-state index in [1.54, 1.807) is 6.07 Å². The molecule has 0 bridgehead atoms. The molecule has 0 unspecified atom stereocenters. The number of hydrogen-bond acceptors (Lipinski definition) is 8. The van der Waals surface area contributed by atoms with Gasteiger partial charge in [0.2, 0.25) is 5.95 Å². The molecular weight excluding hydrogens is 448 g/mol. The molecule has 1 aliphatic heterocycles. The Morgan fingerprint density at radius 1 is 1.06 bits per heavy atom. The zero-order valence-corrected chi connectivity index (χ0v) is 19.0. The molecule has 3 heterocycles. The summed E-state index contributed by atoms with van der Waals surface area (Å²) in [7, 11) is 0. The van der Waals surface area contributed by atoms with Crippen molar-refractivity contribution in [1.82, 2.24) is 24.9 Å². The molecule has 32 heavy (non-hydrogen) atoms. The maximum absolute atomic E-state index is 6.25. The Hall–Kier alpha value is -2.88. The summed E-state index contributed by atoms with van der Waals surface area (Å²) in [5.74, 6) is 2.27. The highest BCUT2D eigenvalue weighted by atomic mass is 35.5. The summed E-state index contributed by atoms with van der Waals surface area (Å²) in [5.41, 5.74) is 2.90. The highest BCUT2D eigenvalue weighted by molar-refractivity contribution is 7.98. The lowest BCUT2D eigenvalue weighted by molar-refractivity contribution is 0.122. The van der Waals surface area contributed by atoms with Gasteiger partial charge in [0.1, 0.15) is 0 Å². The molecule has 164 valence electrons. The molecule has 10 heteroatoms. The third-order valence-electron chi connectivity index (χ3n) is 5.07. The minimum Gasteiger partial charge on any atom is -0.378 e. The van der Waals surface area contributed by atoms with Crippen molar-refractivity contribution >= 4 is 29.3 Å². The molecule has 2 aromatic heterocycles. The van der Waals surface area contributed by atoms with Crippen LogP contribution in [0.5, 0.6) is 0 Å². The first-order chi connectivity index (χ1) is 15.7. The van der Waals surface area contributed by atoms with Gasteiger partial charge in [-0.05, 0) is 36.8 Å². The zero-order valence-electron chi connectivity index (χ0n) is 17.4. The fourth-order valence-corrected chi connectivity index (χ4v) is 4.51. The molecule has 0 spiro atoms. The Morgan fingerprint density at radius 3 is 2.72 bits per heavy atom. The molecule has 0 N–H and O–H groups in total. The summed E-state index contributed by atoms with van der Waals surface area (Å²) in [6.07, 6.45) is 0. The van der Waals surface area contributed by atoms with Crippen molar-refractivity contribution in [3.8, 4) is 17.1 Å². The second-order valence-electron chi connectivity index (χ2n) is 7.34. The minimum atomic E-state index is 0.403. The number of hydrogen-bond donors (Lipinski definition) is 0. The van der Waals surface area contributed by atoms with E-state index in [2.05, 4.69) is 54.9 Å². The van der Waals surface area contributed by atoms with E-state index in [0.29, 0.717) is 35.7 Å². The Balaban J connectivity index is 1.41. The predicted octanol–water partition coefficient (Wildman–Crippen LogP) is 4.41. The van der Waals surface area contributed by atoms with Crippen LogP contribution in [-0.4, -0.2) is 51.2 Å². The van der Waals surface area contributed by atoms with E-state index >= 15 is 0 Å². The summed E-state index contributed by atoms with van der Waals surface area (Å²) < 4.78 is 13.0. The summed E-state index contributed by atoms with van der Waals surface area (Å²) in [5, 5.41) is 14.4.